The fraction of sp³-hybridized carbons (Fsp3) is 0.971. The molecule has 0 amide bonds. The van der Waals surface area contributed by atoms with Crippen molar-refractivity contribution in [2.45, 2.75) is 188 Å². The number of carboxylic acid groups (broad SMARTS) is 1. The predicted molar refractivity (Wildman–Crippen MR) is 189 cm³/mol. The summed E-state index contributed by atoms with van der Waals surface area (Å²) in [5.74, 6) is -5.75. The monoisotopic (exact) mass is 838 g/mol. The van der Waals surface area contributed by atoms with E-state index in [1.165, 1.54) is 0 Å². The van der Waals surface area contributed by atoms with Gasteiger partial charge in [-0.05, 0) is 0 Å². The molecule has 0 aromatic heterocycles. The average molecular weight is 840 g/mol. The van der Waals surface area contributed by atoms with Crippen LogP contribution in [0.1, 0.15) is 182 Å². The van der Waals surface area contributed by atoms with Gasteiger partial charge in [-0.15, -0.1) is 0 Å². The first-order chi connectivity index (χ1) is 24.0. The zero-order valence-electron chi connectivity index (χ0n) is 31.6. The van der Waals surface area contributed by atoms with Crippen LogP contribution in [0.3, 0.4) is 0 Å². The van der Waals surface area contributed by atoms with Crippen LogP contribution in [0.2, 0.25) is 0 Å². The summed E-state index contributed by atoms with van der Waals surface area (Å²) in [5.41, 5.74) is 0. The van der Waals surface area contributed by atoms with E-state index >= 15 is 0 Å². The fourth-order valence-corrected chi connectivity index (χ4v) is 9.05. The number of aliphatic carboxylic acids is 1. The number of unbranched alkanes of at least 4 members (excludes halogenated alkanes) is 20. The molecule has 0 aliphatic carbocycles. The normalized spacial score (nSPS) is 12.5. The molecule has 0 aromatic rings. The Labute approximate surface area is 312 Å². The summed E-state index contributed by atoms with van der Waals surface area (Å²) >= 11 is -5.20. The number of rotatable bonds is 39. The number of phosphoric acid groups is 2. The zero-order chi connectivity index (χ0) is 37.4. The third kappa shape index (κ3) is 27.0. The van der Waals surface area contributed by atoms with Gasteiger partial charge in [0.1, 0.15) is 0 Å². The van der Waals surface area contributed by atoms with Gasteiger partial charge in [-0.3, -0.25) is 0 Å². The standard InChI is InChI=1S/C34H69O11P2.H2O.O.Zr/c1-5-9-13-17-21-25-29-40-46(38,41-30-26-22-18-14-10-6-2)44-34(37,33(35)36)45-47(39,42-31-27-23-19-15-11-7-3)43-32-28-24-20-16-12-8-4;;;/h5-32H2,1-4H3,(H,35,36);1H2;;/q-1;;;+2/p-1. The van der Waals surface area contributed by atoms with Crippen molar-refractivity contribution in [2.75, 3.05) is 26.4 Å². The van der Waals surface area contributed by atoms with Crippen molar-refractivity contribution < 1.29 is 77.6 Å². The van der Waals surface area contributed by atoms with Crippen LogP contribution in [0.25, 0.3) is 0 Å². The van der Waals surface area contributed by atoms with Gasteiger partial charge in [-0.2, -0.15) is 0 Å². The van der Waals surface area contributed by atoms with Gasteiger partial charge in [0.05, 0.1) is 0 Å². The quantitative estimate of drug-likeness (QED) is 0.0340. The van der Waals surface area contributed by atoms with Crippen molar-refractivity contribution >= 4 is 21.6 Å². The average Bonchev–Trinajstić information content (AvgIpc) is 3.06. The predicted octanol–water partition coefficient (Wildman–Crippen LogP) is 11.3. The molecule has 0 aromatic carbocycles. The first-order valence-electron chi connectivity index (χ1n) is 19.4. The molecule has 0 saturated carbocycles. The Morgan fingerprint density at radius 1 is 0.500 bits per heavy atom. The number of hydrogen-bond acceptors (Lipinski definition) is 11. The maximum absolute atomic E-state index is 14.0. The molecule has 2 N–H and O–H groups in total. The third-order valence-corrected chi connectivity index (χ3v) is 11.9. The summed E-state index contributed by atoms with van der Waals surface area (Å²) in [5, 5.41) is 10.3. The van der Waals surface area contributed by atoms with E-state index in [-0.39, 0.29) is 26.4 Å². The van der Waals surface area contributed by atoms with E-state index in [0.29, 0.717) is 25.7 Å². The molecule has 16 heteroatoms. The van der Waals surface area contributed by atoms with Crippen LogP contribution >= 0.6 is 15.6 Å². The Balaban J connectivity index is 6.07. The van der Waals surface area contributed by atoms with Crippen molar-refractivity contribution in [2.24, 2.45) is 0 Å². The van der Waals surface area contributed by atoms with Gasteiger partial charge in [0.25, 0.3) is 0 Å². The Morgan fingerprint density at radius 2 is 0.740 bits per heavy atom. The molecule has 0 aliphatic heterocycles. The molecule has 0 atom stereocenters. The molecule has 0 bridgehead atoms. The summed E-state index contributed by atoms with van der Waals surface area (Å²) in [7, 11) is -9.67. The van der Waals surface area contributed by atoms with Crippen LogP contribution < -0.4 is 0 Å². The second-order valence-electron chi connectivity index (χ2n) is 12.7. The van der Waals surface area contributed by atoms with Gasteiger partial charge >= 0.3 is 286 Å². The molecule has 0 radical (unpaired) electrons. The van der Waals surface area contributed by atoms with Crippen LogP contribution in [0.5, 0.6) is 0 Å². The van der Waals surface area contributed by atoms with Crippen LogP contribution in [0.15, 0.2) is 0 Å². The number of phosphoric ester groups is 2. The van der Waals surface area contributed by atoms with Gasteiger partial charge < -0.3 is 0 Å². The molecule has 0 fully saturated rings. The van der Waals surface area contributed by atoms with E-state index in [0.717, 1.165) is 128 Å². The first-order valence-corrected chi connectivity index (χ1v) is 25.4. The van der Waals surface area contributed by atoms with E-state index in [1.807, 2.05) is 0 Å². The minimum atomic E-state index is -5.20. The Hall–Kier alpha value is 0.293. The van der Waals surface area contributed by atoms with Crippen molar-refractivity contribution in [3.05, 3.63) is 0 Å². The molecule has 50 heavy (non-hydrogen) atoms. The second-order valence-corrected chi connectivity index (χ2v) is 17.7. The van der Waals surface area contributed by atoms with Crippen LogP contribution in [0, 0.1) is 0 Å². The molecular weight excluding hydrogens is 770 g/mol. The van der Waals surface area contributed by atoms with Crippen molar-refractivity contribution in [3.8, 4) is 0 Å². The number of hydrogen-bond donors (Lipinski definition) is 2. The molecule has 0 unspecified atom stereocenters. The third-order valence-electron chi connectivity index (χ3n) is 7.94. The number of carbonyl (C=O) groups is 1. The SMILES string of the molecule is CCCCCCCCOP(=O)(OCCCCCCCC)OC([O][Zr](=[O])[OH])(OP(=O)(OCCCCCCCC)OCCCCCCCC)C(=O)O. The maximum atomic E-state index is 14.0. The van der Waals surface area contributed by atoms with E-state index < -0.39 is 50.2 Å². The fourth-order valence-electron chi connectivity index (χ4n) is 5.00. The summed E-state index contributed by atoms with van der Waals surface area (Å²) in [6, 6.07) is 0. The minimum absolute atomic E-state index is 0.113. The Bertz CT molecular complexity index is 841. The first kappa shape index (κ1) is 50.3. The molecule has 0 rings (SSSR count). The summed E-state index contributed by atoms with van der Waals surface area (Å²) in [4.78, 5) is 12.8. The zero-order valence-corrected chi connectivity index (χ0v) is 35.8. The topological polar surface area (TPSA) is 173 Å². The van der Waals surface area contributed by atoms with Crippen LogP contribution in [0.4, 0.5) is 0 Å². The van der Waals surface area contributed by atoms with Crippen molar-refractivity contribution in [3.63, 3.8) is 0 Å². The molecule has 0 aliphatic rings. The van der Waals surface area contributed by atoms with Gasteiger partial charge in [0, 0.05) is 0 Å². The molecule has 0 spiro atoms. The van der Waals surface area contributed by atoms with Crippen LogP contribution in [-0.4, -0.2) is 46.7 Å². The molecule has 298 valence electrons. The van der Waals surface area contributed by atoms with E-state index in [1.54, 1.807) is 0 Å². The Kier molecular flexibility index (Phi) is 32.9. The van der Waals surface area contributed by atoms with Gasteiger partial charge in [0.15, 0.2) is 0 Å². The van der Waals surface area contributed by atoms with Gasteiger partial charge in [-0.25, -0.2) is 0 Å². The summed E-state index contributed by atoms with van der Waals surface area (Å²) in [6.07, 6.45) is 21.4. The van der Waals surface area contributed by atoms with E-state index in [2.05, 4.69) is 27.7 Å². The molecular formula is C34H70O13P2Zr. The summed E-state index contributed by atoms with van der Waals surface area (Å²) < 4.78 is 87.7. The Morgan fingerprint density at radius 3 is 0.960 bits per heavy atom. The molecule has 0 saturated heterocycles. The second kappa shape index (κ2) is 32.7. The number of carboxylic acids is 1. The van der Waals surface area contributed by atoms with E-state index in [9.17, 15) is 25.0 Å². The molecule has 13 nitrogen and oxygen atoms in total. The van der Waals surface area contributed by atoms with E-state index in [4.69, 9.17) is 30.0 Å². The summed E-state index contributed by atoms with van der Waals surface area (Å²) in [6.45, 7) is 7.99. The van der Waals surface area contributed by atoms with Gasteiger partial charge in [-0.1, -0.05) is 27.7 Å². The molecule has 0 heterocycles. The van der Waals surface area contributed by atoms with Gasteiger partial charge in [0.2, 0.25) is 0 Å². The van der Waals surface area contributed by atoms with Crippen LogP contribution in [-0.2, 0) is 69.3 Å². The van der Waals surface area contributed by atoms with Crippen molar-refractivity contribution in [1.29, 1.82) is 0 Å². The van der Waals surface area contributed by atoms with Crippen molar-refractivity contribution in [1.82, 2.24) is 0 Å².